The van der Waals surface area contributed by atoms with Crippen LogP contribution >= 0.6 is 22.9 Å². The lowest BCUT2D eigenvalue weighted by atomic mass is 9.91. The van der Waals surface area contributed by atoms with Gasteiger partial charge in [0.15, 0.2) is 16.3 Å². The molecule has 0 bridgehead atoms. The maximum atomic E-state index is 14.2. The minimum atomic E-state index is -0.763. The van der Waals surface area contributed by atoms with Crippen molar-refractivity contribution in [1.82, 2.24) is 4.57 Å². The highest BCUT2D eigenvalue weighted by Gasteiger charge is 2.35. The summed E-state index contributed by atoms with van der Waals surface area (Å²) in [7, 11) is 0. The molecule has 0 radical (unpaired) electrons. The lowest BCUT2D eigenvalue weighted by Gasteiger charge is -2.26. The van der Waals surface area contributed by atoms with Crippen LogP contribution < -0.4 is 24.4 Å². The second-order valence-corrected chi connectivity index (χ2v) is 11.9. The number of thiazole rings is 1. The third-order valence-electron chi connectivity index (χ3n) is 7.22. The quantitative estimate of drug-likeness (QED) is 0.154. The fourth-order valence-electron chi connectivity index (χ4n) is 5.16. The van der Waals surface area contributed by atoms with Crippen LogP contribution in [-0.4, -0.2) is 30.4 Å². The Morgan fingerprint density at radius 1 is 1.09 bits per heavy atom. The molecule has 1 aromatic heterocycles. The van der Waals surface area contributed by atoms with Crippen molar-refractivity contribution in [2.75, 3.05) is 19.8 Å². The molecule has 9 heteroatoms. The van der Waals surface area contributed by atoms with Crippen LogP contribution in [0.25, 0.3) is 11.8 Å². The number of rotatable bonds is 10. The molecule has 230 valence electrons. The van der Waals surface area contributed by atoms with E-state index in [1.54, 1.807) is 29.7 Å². The number of hydrogen-bond donors (Lipinski definition) is 0. The van der Waals surface area contributed by atoms with Gasteiger partial charge in [-0.1, -0.05) is 97.3 Å². The van der Waals surface area contributed by atoms with Crippen LogP contribution in [0.5, 0.6) is 11.5 Å². The van der Waals surface area contributed by atoms with E-state index in [1.165, 1.54) is 11.3 Å². The highest BCUT2D eigenvalue weighted by Crippen LogP contribution is 2.38. The van der Waals surface area contributed by atoms with Crippen molar-refractivity contribution in [1.29, 1.82) is 0 Å². The number of terminal acetylenes is 1. The van der Waals surface area contributed by atoms with E-state index in [9.17, 15) is 9.59 Å². The molecule has 0 saturated heterocycles. The first-order chi connectivity index (χ1) is 21.8. The first kappa shape index (κ1) is 31.8. The molecule has 7 nitrogen and oxygen atoms in total. The molecule has 3 aromatic carbocycles. The third kappa shape index (κ3) is 6.60. The van der Waals surface area contributed by atoms with E-state index in [0.717, 1.165) is 16.7 Å². The summed E-state index contributed by atoms with van der Waals surface area (Å²) in [4.78, 5) is 33.3. The van der Waals surface area contributed by atoms with Crippen molar-refractivity contribution in [3.05, 3.63) is 119 Å². The van der Waals surface area contributed by atoms with E-state index in [1.807, 2.05) is 61.5 Å². The van der Waals surface area contributed by atoms with Crippen LogP contribution in [0.4, 0.5) is 0 Å². The summed E-state index contributed by atoms with van der Waals surface area (Å²) in [5.41, 5.74) is 3.77. The summed E-state index contributed by atoms with van der Waals surface area (Å²) < 4.78 is 19.0. The standard InChI is InChI=1S/C36H33ClN2O5S/c1-6-18-44-33-27(37)19-23(20-28(33)42-7-2)21-29-34(40)39-32(26-16-14-24(15-17-26)22(4)5)30(35(41)43-8-3)31(38-36(39)45-29)25-12-10-9-11-13-25/h1,9-17,19-22,32H,7-8,18H2,2-5H3/b29-21-/t32-/m0/s1. The fourth-order valence-corrected chi connectivity index (χ4v) is 6.43. The number of hydrogen-bond acceptors (Lipinski definition) is 7. The Balaban J connectivity index is 1.76. The number of carbonyl (C=O) groups excluding carboxylic acids is 1. The van der Waals surface area contributed by atoms with E-state index in [-0.39, 0.29) is 18.8 Å². The third-order valence-corrected chi connectivity index (χ3v) is 8.49. The highest BCUT2D eigenvalue weighted by atomic mass is 35.5. The molecule has 0 fully saturated rings. The Morgan fingerprint density at radius 3 is 2.47 bits per heavy atom. The molecule has 2 heterocycles. The van der Waals surface area contributed by atoms with Crippen molar-refractivity contribution in [3.8, 4) is 23.8 Å². The second kappa shape index (κ2) is 14.0. The Kier molecular flexibility index (Phi) is 9.92. The van der Waals surface area contributed by atoms with Crippen LogP contribution in [0.2, 0.25) is 5.02 Å². The number of halogens is 1. The Labute approximate surface area is 271 Å². The molecule has 0 saturated carbocycles. The van der Waals surface area contributed by atoms with E-state index in [0.29, 0.717) is 55.2 Å². The van der Waals surface area contributed by atoms with Crippen LogP contribution in [0.3, 0.4) is 0 Å². The van der Waals surface area contributed by atoms with Gasteiger partial charge in [0, 0.05) is 5.56 Å². The predicted molar refractivity (Wildman–Crippen MR) is 179 cm³/mol. The van der Waals surface area contributed by atoms with E-state index >= 15 is 0 Å². The molecule has 0 aliphatic carbocycles. The van der Waals surface area contributed by atoms with Gasteiger partial charge >= 0.3 is 5.97 Å². The fraction of sp³-hybridized carbons (Fsp3) is 0.250. The number of fused-ring (bicyclic) bond motifs is 1. The molecule has 1 atom stereocenters. The first-order valence-electron chi connectivity index (χ1n) is 14.7. The van der Waals surface area contributed by atoms with Gasteiger partial charge in [-0.15, -0.1) is 6.42 Å². The average molecular weight is 641 g/mol. The zero-order valence-electron chi connectivity index (χ0n) is 25.5. The molecule has 0 unspecified atom stereocenters. The minimum absolute atomic E-state index is 0.0302. The van der Waals surface area contributed by atoms with Crippen molar-refractivity contribution in [2.45, 2.75) is 39.7 Å². The Bertz CT molecular complexity index is 1970. The molecule has 1 aliphatic heterocycles. The molecule has 0 N–H and O–H groups in total. The Morgan fingerprint density at radius 2 is 1.82 bits per heavy atom. The normalized spacial score (nSPS) is 14.5. The van der Waals surface area contributed by atoms with E-state index in [4.69, 9.17) is 37.2 Å². The zero-order valence-corrected chi connectivity index (χ0v) is 27.1. The smallest absolute Gasteiger partial charge is 0.338 e. The predicted octanol–water partition coefficient (Wildman–Crippen LogP) is 6.12. The molecular formula is C36H33ClN2O5S. The van der Waals surface area contributed by atoms with Crippen molar-refractivity contribution < 1.29 is 19.0 Å². The second-order valence-electron chi connectivity index (χ2n) is 10.5. The topological polar surface area (TPSA) is 79.1 Å². The van der Waals surface area contributed by atoms with Gasteiger partial charge < -0.3 is 14.2 Å². The maximum Gasteiger partial charge on any atom is 0.338 e. The summed E-state index contributed by atoms with van der Waals surface area (Å²) in [6.07, 6.45) is 7.11. The van der Waals surface area contributed by atoms with Gasteiger partial charge in [-0.2, -0.15) is 0 Å². The van der Waals surface area contributed by atoms with Gasteiger partial charge in [-0.25, -0.2) is 9.79 Å². The highest BCUT2D eigenvalue weighted by molar-refractivity contribution is 7.07. The number of esters is 1. The van der Waals surface area contributed by atoms with Crippen LogP contribution in [0.1, 0.15) is 61.9 Å². The summed E-state index contributed by atoms with van der Waals surface area (Å²) in [6, 6.07) is 20.1. The SMILES string of the molecule is C#CCOc1c(Cl)cc(/C=c2\sc3n(c2=O)[C@@H](c2ccc(C(C)C)cc2)C(C(=O)OCC)=C(c2ccccc2)N=3)cc1OCC. The molecular weight excluding hydrogens is 608 g/mol. The van der Waals surface area contributed by atoms with Crippen LogP contribution in [0, 0.1) is 12.3 Å². The van der Waals surface area contributed by atoms with E-state index < -0.39 is 12.0 Å². The number of aromatic nitrogens is 1. The summed E-state index contributed by atoms with van der Waals surface area (Å²) in [5.74, 6) is 2.98. The first-order valence-corrected chi connectivity index (χ1v) is 15.9. The molecule has 0 amide bonds. The van der Waals surface area contributed by atoms with Gasteiger partial charge in [-0.3, -0.25) is 9.36 Å². The maximum absolute atomic E-state index is 14.2. The summed E-state index contributed by atoms with van der Waals surface area (Å²) >= 11 is 7.80. The van der Waals surface area contributed by atoms with E-state index in [2.05, 4.69) is 19.8 Å². The van der Waals surface area contributed by atoms with Gasteiger partial charge in [0.2, 0.25) is 0 Å². The molecule has 0 spiro atoms. The molecule has 1 aliphatic rings. The summed E-state index contributed by atoms with van der Waals surface area (Å²) in [6.45, 7) is 8.43. The van der Waals surface area contributed by atoms with Crippen LogP contribution in [-0.2, 0) is 9.53 Å². The zero-order chi connectivity index (χ0) is 32.1. The van der Waals surface area contributed by atoms with Crippen molar-refractivity contribution in [2.24, 2.45) is 4.99 Å². The Hall–Kier alpha value is -4.58. The van der Waals surface area contributed by atoms with Gasteiger partial charge in [0.1, 0.15) is 6.61 Å². The number of ether oxygens (including phenoxy) is 3. The van der Waals surface area contributed by atoms with Gasteiger partial charge in [-0.05, 0) is 54.7 Å². The number of nitrogens with zero attached hydrogens (tertiary/aromatic N) is 2. The van der Waals surface area contributed by atoms with Crippen LogP contribution in [0.15, 0.2) is 82.1 Å². The minimum Gasteiger partial charge on any atom is -0.490 e. The monoisotopic (exact) mass is 640 g/mol. The molecule has 45 heavy (non-hydrogen) atoms. The lowest BCUT2D eigenvalue weighted by Crippen LogP contribution is -2.40. The number of benzene rings is 3. The lowest BCUT2D eigenvalue weighted by molar-refractivity contribution is -0.138. The largest absolute Gasteiger partial charge is 0.490 e. The number of carbonyl (C=O) groups is 1. The summed E-state index contributed by atoms with van der Waals surface area (Å²) in [5, 5.41) is 0.300. The van der Waals surface area contributed by atoms with Crippen molar-refractivity contribution in [3.63, 3.8) is 0 Å². The molecule has 4 aromatic rings. The average Bonchev–Trinajstić information content (AvgIpc) is 3.34. The van der Waals surface area contributed by atoms with Gasteiger partial charge in [0.25, 0.3) is 5.56 Å². The van der Waals surface area contributed by atoms with Crippen molar-refractivity contribution >= 4 is 40.7 Å². The van der Waals surface area contributed by atoms with Gasteiger partial charge in [0.05, 0.1) is 40.1 Å². The molecule has 5 rings (SSSR count).